The number of nitrogens with one attached hydrogen (secondary N) is 1. The van der Waals surface area contributed by atoms with Crippen LogP contribution in [0.5, 0.6) is 0 Å². The van der Waals surface area contributed by atoms with Crippen molar-refractivity contribution in [1.29, 1.82) is 0 Å². The summed E-state index contributed by atoms with van der Waals surface area (Å²) >= 11 is 6.90. The van der Waals surface area contributed by atoms with Gasteiger partial charge in [0, 0.05) is 11.3 Å². The second-order valence-corrected chi connectivity index (χ2v) is 6.44. The molecule has 0 aromatic heterocycles. The molecule has 0 aliphatic heterocycles. The van der Waals surface area contributed by atoms with E-state index in [1.54, 1.807) is 0 Å². The van der Waals surface area contributed by atoms with Crippen LogP contribution >= 0.6 is 24.0 Å². The van der Waals surface area contributed by atoms with Gasteiger partial charge in [-0.2, -0.15) is 11.8 Å². The number of carbonyl (C=O) groups excluding carboxylic acids is 1. The van der Waals surface area contributed by atoms with Crippen LogP contribution in [0.25, 0.3) is 0 Å². The molecule has 1 amide bonds. The van der Waals surface area contributed by atoms with Crippen molar-refractivity contribution in [3.8, 4) is 0 Å². The highest BCUT2D eigenvalue weighted by molar-refractivity contribution is 8.00. The maximum atomic E-state index is 12.3. The summed E-state index contributed by atoms with van der Waals surface area (Å²) in [4.78, 5) is 12.6. The molecule has 0 unspecified atom stereocenters. The molecule has 0 bridgehead atoms. The second kappa shape index (κ2) is 5.57. The Morgan fingerprint density at radius 1 is 1.47 bits per heavy atom. The molecule has 1 aliphatic carbocycles. The van der Waals surface area contributed by atoms with Gasteiger partial charge in [-0.1, -0.05) is 26.1 Å². The van der Waals surface area contributed by atoms with E-state index in [-0.39, 0.29) is 10.7 Å². The largest absolute Gasteiger partial charge is 0.392 e. The van der Waals surface area contributed by atoms with Crippen LogP contribution in [0.2, 0.25) is 0 Å². The molecular formula is C12H22N2OS2. The van der Waals surface area contributed by atoms with Crippen LogP contribution in [-0.4, -0.2) is 28.4 Å². The Kier molecular flexibility index (Phi) is 4.84. The maximum Gasteiger partial charge on any atom is 0.233 e. The lowest BCUT2D eigenvalue weighted by Gasteiger charge is -2.29. The quantitative estimate of drug-likeness (QED) is 0.698. The third kappa shape index (κ3) is 2.94. The first kappa shape index (κ1) is 14.8. The van der Waals surface area contributed by atoms with Crippen LogP contribution in [0.4, 0.5) is 0 Å². The molecule has 1 aliphatic rings. The maximum absolute atomic E-state index is 12.3. The van der Waals surface area contributed by atoms with E-state index in [1.165, 1.54) is 12.8 Å². The Balaban J connectivity index is 2.63. The summed E-state index contributed by atoms with van der Waals surface area (Å²) in [7, 11) is 0. The Labute approximate surface area is 113 Å². The van der Waals surface area contributed by atoms with Crippen molar-refractivity contribution in [1.82, 2.24) is 5.32 Å². The van der Waals surface area contributed by atoms with Gasteiger partial charge in [0.2, 0.25) is 5.91 Å². The molecule has 3 N–H and O–H groups in total. The minimum Gasteiger partial charge on any atom is -0.392 e. The monoisotopic (exact) mass is 274 g/mol. The average molecular weight is 274 g/mol. The van der Waals surface area contributed by atoms with E-state index >= 15 is 0 Å². The van der Waals surface area contributed by atoms with Crippen LogP contribution in [0, 0.1) is 5.41 Å². The van der Waals surface area contributed by atoms with E-state index in [4.69, 9.17) is 18.0 Å². The van der Waals surface area contributed by atoms with Crippen LogP contribution in [0.1, 0.15) is 39.5 Å². The first-order chi connectivity index (χ1) is 7.96. The van der Waals surface area contributed by atoms with Crippen molar-refractivity contribution in [2.45, 2.75) is 44.3 Å². The molecule has 0 atom stereocenters. The fraction of sp³-hybridized carbons (Fsp3) is 0.833. The number of carbonyl (C=O) groups is 1. The van der Waals surface area contributed by atoms with Gasteiger partial charge in [0.15, 0.2) is 0 Å². The van der Waals surface area contributed by atoms with Crippen LogP contribution < -0.4 is 11.1 Å². The lowest BCUT2D eigenvalue weighted by atomic mass is 9.81. The van der Waals surface area contributed by atoms with Crippen LogP contribution in [0.15, 0.2) is 0 Å². The van der Waals surface area contributed by atoms with E-state index in [2.05, 4.69) is 11.6 Å². The number of thiocarbonyl (C=S) groups is 1. The lowest BCUT2D eigenvalue weighted by Crippen LogP contribution is -2.49. The Bertz CT molecular complexity index is 310. The van der Waals surface area contributed by atoms with E-state index < -0.39 is 5.41 Å². The molecule has 0 saturated heterocycles. The number of hydrogen-bond donors (Lipinski definition) is 2. The summed E-state index contributed by atoms with van der Waals surface area (Å²) in [6.45, 7) is 4.66. The summed E-state index contributed by atoms with van der Waals surface area (Å²) in [6.07, 6.45) is 5.80. The summed E-state index contributed by atoms with van der Waals surface area (Å²) in [6, 6.07) is 0. The van der Waals surface area contributed by atoms with E-state index in [0.29, 0.717) is 17.8 Å². The fourth-order valence-corrected chi connectivity index (χ4v) is 3.14. The highest BCUT2D eigenvalue weighted by Gasteiger charge is 2.44. The molecule has 0 aromatic rings. The molecule has 0 heterocycles. The van der Waals surface area contributed by atoms with Crippen LogP contribution in [-0.2, 0) is 4.79 Å². The molecule has 1 saturated carbocycles. The summed E-state index contributed by atoms with van der Waals surface area (Å²) in [5, 5.41) is 3.03. The van der Waals surface area contributed by atoms with Gasteiger partial charge in [-0.25, -0.2) is 0 Å². The minimum absolute atomic E-state index is 0.00433. The number of thioether (sulfide) groups is 1. The summed E-state index contributed by atoms with van der Waals surface area (Å²) in [5.74, 6) is -0.00433. The lowest BCUT2D eigenvalue weighted by molar-refractivity contribution is -0.127. The van der Waals surface area contributed by atoms with E-state index in [1.807, 2.05) is 25.6 Å². The minimum atomic E-state index is -0.663. The Hall–Kier alpha value is -0.290. The highest BCUT2D eigenvalue weighted by atomic mass is 32.2. The zero-order chi connectivity index (χ0) is 13.1. The molecule has 98 valence electrons. The van der Waals surface area contributed by atoms with Gasteiger partial charge in [0.1, 0.15) is 0 Å². The number of amides is 1. The van der Waals surface area contributed by atoms with E-state index in [0.717, 1.165) is 6.54 Å². The zero-order valence-electron chi connectivity index (χ0n) is 10.8. The van der Waals surface area contributed by atoms with Crippen LogP contribution in [0.3, 0.4) is 0 Å². The van der Waals surface area contributed by atoms with Crippen molar-refractivity contribution < 1.29 is 4.79 Å². The first-order valence-corrected chi connectivity index (χ1v) is 7.73. The van der Waals surface area contributed by atoms with Crippen molar-refractivity contribution in [2.75, 3.05) is 12.8 Å². The van der Waals surface area contributed by atoms with Gasteiger partial charge in [-0.05, 0) is 31.9 Å². The van der Waals surface area contributed by atoms with Gasteiger partial charge >= 0.3 is 0 Å². The molecule has 0 radical (unpaired) electrons. The normalized spacial score (nSPS) is 17.6. The summed E-state index contributed by atoms with van der Waals surface area (Å²) in [5.41, 5.74) is 5.08. The molecule has 1 rings (SSSR count). The van der Waals surface area contributed by atoms with Gasteiger partial charge in [-0.3, -0.25) is 4.79 Å². The standard InChI is InChI=1S/C12H22N2OS2/c1-4-12(5-2,9(13)16)10(15)14-8-11(17-3)6-7-11/h4-8H2,1-3H3,(H2,13,16)(H,14,15). The van der Waals surface area contributed by atoms with Gasteiger partial charge < -0.3 is 11.1 Å². The van der Waals surface area contributed by atoms with Gasteiger partial charge in [0.25, 0.3) is 0 Å². The number of hydrogen-bond acceptors (Lipinski definition) is 3. The third-order valence-electron chi connectivity index (χ3n) is 3.93. The predicted octanol–water partition coefficient (Wildman–Crippen LogP) is 2.09. The SMILES string of the molecule is CCC(CC)(C(=O)NCC1(SC)CC1)C(N)=S. The molecule has 5 heteroatoms. The van der Waals surface area contributed by atoms with Crippen molar-refractivity contribution >= 4 is 34.9 Å². The summed E-state index contributed by atoms with van der Waals surface area (Å²) < 4.78 is 0.277. The topological polar surface area (TPSA) is 55.1 Å². The Morgan fingerprint density at radius 2 is 2.00 bits per heavy atom. The predicted molar refractivity (Wildman–Crippen MR) is 78.3 cm³/mol. The van der Waals surface area contributed by atoms with Gasteiger partial charge in [-0.15, -0.1) is 0 Å². The second-order valence-electron chi connectivity index (χ2n) is 4.72. The zero-order valence-corrected chi connectivity index (χ0v) is 12.5. The van der Waals surface area contributed by atoms with E-state index in [9.17, 15) is 4.79 Å². The number of rotatable bonds is 7. The van der Waals surface area contributed by atoms with Crippen molar-refractivity contribution in [2.24, 2.45) is 11.1 Å². The molecule has 3 nitrogen and oxygen atoms in total. The van der Waals surface area contributed by atoms with Gasteiger partial charge in [0.05, 0.1) is 10.4 Å². The van der Waals surface area contributed by atoms with Crippen molar-refractivity contribution in [3.05, 3.63) is 0 Å². The average Bonchev–Trinajstić information content (AvgIpc) is 3.09. The fourth-order valence-electron chi connectivity index (χ4n) is 2.03. The number of nitrogens with two attached hydrogens (primary N) is 1. The molecule has 17 heavy (non-hydrogen) atoms. The molecule has 0 spiro atoms. The highest BCUT2D eigenvalue weighted by Crippen LogP contribution is 2.46. The smallest absolute Gasteiger partial charge is 0.233 e. The third-order valence-corrected chi connectivity index (χ3v) is 5.73. The Morgan fingerprint density at radius 3 is 2.29 bits per heavy atom. The first-order valence-electron chi connectivity index (χ1n) is 6.09. The molecule has 0 aromatic carbocycles. The molecule has 1 fully saturated rings. The van der Waals surface area contributed by atoms with Crippen molar-refractivity contribution in [3.63, 3.8) is 0 Å². The molecular weight excluding hydrogens is 252 g/mol.